The zero-order valence-corrected chi connectivity index (χ0v) is 23.3. The predicted octanol–water partition coefficient (Wildman–Crippen LogP) is 10.2. The van der Waals surface area contributed by atoms with Gasteiger partial charge in [0.25, 0.3) is 0 Å². The Bertz CT molecular complexity index is 2380. The molecule has 0 saturated heterocycles. The van der Waals surface area contributed by atoms with E-state index < -0.39 is 0 Å². The van der Waals surface area contributed by atoms with Gasteiger partial charge >= 0.3 is 0 Å². The first-order chi connectivity index (χ1) is 21.3. The molecule has 0 radical (unpaired) electrons. The summed E-state index contributed by atoms with van der Waals surface area (Å²) in [4.78, 5) is 15.1. The smallest absolute Gasteiger partial charge is 0.167 e. The molecule has 0 unspecified atom stereocenters. The van der Waals surface area contributed by atoms with Crippen molar-refractivity contribution in [1.82, 2.24) is 15.0 Å². The third kappa shape index (κ3) is 3.80. The first kappa shape index (κ1) is 24.0. The summed E-state index contributed by atoms with van der Waals surface area (Å²) in [7, 11) is 0. The van der Waals surface area contributed by atoms with Crippen LogP contribution in [0.2, 0.25) is 0 Å². The Kier molecular flexibility index (Phi) is 5.29. The number of fused-ring (bicyclic) bond motifs is 3. The Morgan fingerprint density at radius 2 is 1.16 bits per heavy atom. The molecule has 0 saturated carbocycles. The fraction of sp³-hybridized carbons (Fsp3) is 0.0513. The SMILES string of the molecule is C1=CC(c2nc(-c3ccc(-c4ccccc4)cc3)nc(-c3ccc4c5ccccc5c5cccc6oc3c4c65)n2)=CCC1. The fourth-order valence-corrected chi connectivity index (χ4v) is 6.47. The molecule has 1 aliphatic rings. The van der Waals surface area contributed by atoms with E-state index in [4.69, 9.17) is 19.4 Å². The highest BCUT2D eigenvalue weighted by atomic mass is 16.3. The van der Waals surface area contributed by atoms with Crippen molar-refractivity contribution < 1.29 is 4.42 Å². The van der Waals surface area contributed by atoms with Crippen molar-refractivity contribution in [1.29, 1.82) is 0 Å². The van der Waals surface area contributed by atoms with Gasteiger partial charge in [0.15, 0.2) is 17.5 Å². The molecule has 4 heteroatoms. The Morgan fingerprint density at radius 1 is 0.488 bits per heavy atom. The average Bonchev–Trinajstić information content (AvgIpc) is 3.49. The van der Waals surface area contributed by atoms with Crippen LogP contribution in [0.5, 0.6) is 0 Å². The van der Waals surface area contributed by atoms with Crippen molar-refractivity contribution in [2.24, 2.45) is 0 Å². The van der Waals surface area contributed by atoms with E-state index in [2.05, 4.69) is 121 Å². The predicted molar refractivity (Wildman–Crippen MR) is 176 cm³/mol. The number of hydrogen-bond donors (Lipinski definition) is 0. The Labute approximate surface area is 248 Å². The molecule has 202 valence electrons. The molecule has 0 fully saturated rings. The lowest BCUT2D eigenvalue weighted by Crippen LogP contribution is -2.03. The van der Waals surface area contributed by atoms with E-state index in [0.29, 0.717) is 17.5 Å². The molecular weight excluding hydrogens is 526 g/mol. The molecule has 0 bridgehead atoms. The molecule has 0 N–H and O–H groups in total. The molecule has 43 heavy (non-hydrogen) atoms. The highest BCUT2D eigenvalue weighted by Crippen LogP contribution is 2.45. The number of furan rings is 1. The summed E-state index contributed by atoms with van der Waals surface area (Å²) in [5, 5.41) is 7.09. The zero-order valence-electron chi connectivity index (χ0n) is 23.3. The summed E-state index contributed by atoms with van der Waals surface area (Å²) in [6.07, 6.45) is 8.51. The molecule has 4 nitrogen and oxygen atoms in total. The number of nitrogens with zero attached hydrogens (tertiary/aromatic N) is 3. The third-order valence-corrected chi connectivity index (χ3v) is 8.53. The van der Waals surface area contributed by atoms with Crippen LogP contribution in [0.15, 0.2) is 132 Å². The van der Waals surface area contributed by atoms with Crippen molar-refractivity contribution in [3.63, 3.8) is 0 Å². The van der Waals surface area contributed by atoms with Crippen LogP contribution in [-0.2, 0) is 0 Å². The second kappa shape index (κ2) is 9.47. The first-order valence-corrected chi connectivity index (χ1v) is 14.7. The highest BCUT2D eigenvalue weighted by molar-refractivity contribution is 6.34. The standard InChI is InChI=1S/C39H25N3O/c1-3-10-24(11-4-1)25-18-20-27(21-19-25)38-40-37(26-12-5-2-6-13-26)41-39(42-38)32-23-22-31-29-15-8-7-14-28(29)30-16-9-17-33-34(30)35(31)36(32)43-33/h1,3-5,7-23H,2,6H2. The van der Waals surface area contributed by atoms with Gasteiger partial charge in [0.2, 0.25) is 0 Å². The maximum absolute atomic E-state index is 6.64. The first-order valence-electron chi connectivity index (χ1n) is 14.7. The van der Waals surface area contributed by atoms with E-state index in [1.54, 1.807) is 0 Å². The van der Waals surface area contributed by atoms with Gasteiger partial charge in [-0.1, -0.05) is 115 Å². The normalized spacial score (nSPS) is 13.4. The van der Waals surface area contributed by atoms with Crippen molar-refractivity contribution >= 4 is 49.1 Å². The minimum absolute atomic E-state index is 0.609. The van der Waals surface area contributed by atoms with Gasteiger partial charge in [0.1, 0.15) is 11.2 Å². The number of allylic oxidation sites excluding steroid dienone is 4. The molecule has 0 atom stereocenters. The molecule has 0 aliphatic heterocycles. The van der Waals surface area contributed by atoms with Crippen LogP contribution in [0.1, 0.15) is 18.7 Å². The van der Waals surface area contributed by atoms with Crippen molar-refractivity contribution in [2.45, 2.75) is 12.8 Å². The maximum Gasteiger partial charge on any atom is 0.167 e. The number of hydrogen-bond acceptors (Lipinski definition) is 4. The largest absolute Gasteiger partial charge is 0.455 e. The second-order valence-corrected chi connectivity index (χ2v) is 11.1. The summed E-state index contributed by atoms with van der Waals surface area (Å²) in [5.41, 5.74) is 6.85. The summed E-state index contributed by atoms with van der Waals surface area (Å²) >= 11 is 0. The topological polar surface area (TPSA) is 51.8 Å². The Morgan fingerprint density at radius 3 is 1.95 bits per heavy atom. The molecule has 2 aromatic heterocycles. The second-order valence-electron chi connectivity index (χ2n) is 11.1. The number of aromatic nitrogens is 3. The fourth-order valence-electron chi connectivity index (χ4n) is 6.47. The molecule has 0 amide bonds. The summed E-state index contributed by atoms with van der Waals surface area (Å²) < 4.78 is 6.64. The highest BCUT2D eigenvalue weighted by Gasteiger charge is 2.22. The third-order valence-electron chi connectivity index (χ3n) is 8.53. The lowest BCUT2D eigenvalue weighted by Gasteiger charge is -2.12. The van der Waals surface area contributed by atoms with Gasteiger partial charge in [-0.05, 0) is 57.6 Å². The molecule has 9 rings (SSSR count). The molecule has 0 spiro atoms. The molecular formula is C39H25N3O. The van der Waals surface area contributed by atoms with Gasteiger partial charge in [0, 0.05) is 21.9 Å². The van der Waals surface area contributed by atoms with Crippen LogP contribution in [0.3, 0.4) is 0 Å². The van der Waals surface area contributed by atoms with Crippen LogP contribution >= 0.6 is 0 Å². The number of rotatable bonds is 4. The van der Waals surface area contributed by atoms with Gasteiger partial charge < -0.3 is 4.42 Å². The lowest BCUT2D eigenvalue weighted by molar-refractivity contribution is 0.670. The quantitative estimate of drug-likeness (QED) is 0.204. The number of benzene rings is 6. The van der Waals surface area contributed by atoms with Gasteiger partial charge in [-0.25, -0.2) is 15.0 Å². The Balaban J connectivity index is 1.28. The van der Waals surface area contributed by atoms with Crippen molar-refractivity contribution in [3.8, 4) is 33.9 Å². The van der Waals surface area contributed by atoms with Crippen LogP contribution in [0, 0.1) is 0 Å². The van der Waals surface area contributed by atoms with E-state index in [1.807, 2.05) is 6.07 Å². The summed E-state index contributed by atoms with van der Waals surface area (Å²) in [6.45, 7) is 0. The van der Waals surface area contributed by atoms with Gasteiger partial charge in [-0.2, -0.15) is 0 Å². The summed E-state index contributed by atoms with van der Waals surface area (Å²) in [5.74, 6) is 1.93. The van der Waals surface area contributed by atoms with E-state index >= 15 is 0 Å². The van der Waals surface area contributed by atoms with Crippen LogP contribution < -0.4 is 0 Å². The van der Waals surface area contributed by atoms with Crippen LogP contribution in [0.25, 0.3) is 83.0 Å². The van der Waals surface area contributed by atoms with Gasteiger partial charge in [-0.3, -0.25) is 0 Å². The van der Waals surface area contributed by atoms with Crippen LogP contribution in [-0.4, -0.2) is 15.0 Å². The minimum atomic E-state index is 0.609. The molecule has 2 heterocycles. The van der Waals surface area contributed by atoms with Gasteiger partial charge in [0.05, 0.1) is 5.56 Å². The van der Waals surface area contributed by atoms with E-state index in [1.165, 1.54) is 27.1 Å². The van der Waals surface area contributed by atoms with Crippen molar-refractivity contribution in [3.05, 3.63) is 133 Å². The van der Waals surface area contributed by atoms with Gasteiger partial charge in [-0.15, -0.1) is 0 Å². The van der Waals surface area contributed by atoms with E-state index in [-0.39, 0.29) is 0 Å². The zero-order chi connectivity index (χ0) is 28.3. The average molecular weight is 552 g/mol. The van der Waals surface area contributed by atoms with E-state index in [0.717, 1.165) is 57.0 Å². The summed E-state index contributed by atoms with van der Waals surface area (Å²) in [6, 6.07) is 38.0. The molecule has 6 aromatic carbocycles. The molecule has 1 aliphatic carbocycles. The van der Waals surface area contributed by atoms with E-state index in [9.17, 15) is 0 Å². The Hall–Kier alpha value is -5.61. The minimum Gasteiger partial charge on any atom is -0.455 e. The lowest BCUT2D eigenvalue weighted by atomic mass is 9.93. The monoisotopic (exact) mass is 551 g/mol. The maximum atomic E-state index is 6.64. The van der Waals surface area contributed by atoms with Crippen LogP contribution in [0.4, 0.5) is 0 Å². The van der Waals surface area contributed by atoms with Crippen molar-refractivity contribution in [2.75, 3.05) is 0 Å². The molecule has 8 aromatic rings.